The van der Waals surface area contributed by atoms with Crippen molar-refractivity contribution in [2.45, 2.75) is 0 Å². The maximum atomic E-state index is 12.4. The number of carbonyl (C=O) groups excluding carboxylic acids is 2. The lowest BCUT2D eigenvalue weighted by Gasteiger charge is -2.20. The SMILES string of the molecule is COc1cc2c(cc1OC)C(O)=C(c1ccccc1)C(=O)C2=O. The minimum Gasteiger partial charge on any atom is -0.506 e. The van der Waals surface area contributed by atoms with Crippen molar-refractivity contribution < 1.29 is 24.2 Å². The summed E-state index contributed by atoms with van der Waals surface area (Å²) in [6.45, 7) is 0. The van der Waals surface area contributed by atoms with Crippen molar-refractivity contribution in [1.29, 1.82) is 0 Å². The number of rotatable bonds is 3. The predicted octanol–water partition coefficient (Wildman–Crippen LogP) is 2.90. The first kappa shape index (κ1) is 14.8. The fraction of sp³-hybridized carbons (Fsp3) is 0.111. The highest BCUT2D eigenvalue weighted by Crippen LogP contribution is 2.39. The summed E-state index contributed by atoms with van der Waals surface area (Å²) in [6.07, 6.45) is 0. The fourth-order valence-corrected chi connectivity index (χ4v) is 2.61. The lowest BCUT2D eigenvalue weighted by atomic mass is 9.85. The quantitative estimate of drug-likeness (QED) is 0.883. The third-order valence-electron chi connectivity index (χ3n) is 3.76. The number of benzene rings is 2. The molecule has 0 heterocycles. The molecule has 5 heteroatoms. The number of methoxy groups -OCH3 is 2. The molecule has 0 fully saturated rings. The number of allylic oxidation sites excluding steroid dienone is 1. The van der Waals surface area contributed by atoms with E-state index in [0.717, 1.165) is 0 Å². The molecular formula is C18H14O5. The molecule has 5 nitrogen and oxygen atoms in total. The van der Waals surface area contributed by atoms with Crippen LogP contribution in [0.25, 0.3) is 11.3 Å². The zero-order valence-electron chi connectivity index (χ0n) is 12.6. The van der Waals surface area contributed by atoms with E-state index in [1.165, 1.54) is 26.4 Å². The summed E-state index contributed by atoms with van der Waals surface area (Å²) in [6, 6.07) is 11.5. The van der Waals surface area contributed by atoms with Crippen molar-refractivity contribution in [3.05, 3.63) is 59.2 Å². The molecule has 0 unspecified atom stereocenters. The smallest absolute Gasteiger partial charge is 0.237 e. The van der Waals surface area contributed by atoms with Gasteiger partial charge in [0.2, 0.25) is 11.6 Å². The van der Waals surface area contributed by atoms with Crippen LogP contribution in [-0.4, -0.2) is 30.9 Å². The van der Waals surface area contributed by atoms with Gasteiger partial charge in [0.15, 0.2) is 11.5 Å². The van der Waals surface area contributed by atoms with Gasteiger partial charge in [0.1, 0.15) is 5.76 Å². The average Bonchev–Trinajstić information content (AvgIpc) is 2.59. The molecular weight excluding hydrogens is 296 g/mol. The molecule has 1 aliphatic carbocycles. The summed E-state index contributed by atoms with van der Waals surface area (Å²) in [7, 11) is 2.89. The Labute approximate surface area is 132 Å². The lowest BCUT2D eigenvalue weighted by molar-refractivity contribution is -0.110. The zero-order valence-corrected chi connectivity index (χ0v) is 12.6. The Bertz CT molecular complexity index is 834. The molecule has 3 rings (SSSR count). The second kappa shape index (κ2) is 5.61. The molecule has 2 aromatic carbocycles. The normalized spacial score (nSPS) is 13.8. The van der Waals surface area contributed by atoms with Crippen LogP contribution in [0.1, 0.15) is 21.5 Å². The minimum absolute atomic E-state index is 0.00433. The summed E-state index contributed by atoms with van der Waals surface area (Å²) in [5, 5.41) is 10.6. The van der Waals surface area contributed by atoms with Crippen molar-refractivity contribution in [2.75, 3.05) is 14.2 Å². The zero-order chi connectivity index (χ0) is 16.6. The predicted molar refractivity (Wildman–Crippen MR) is 84.8 cm³/mol. The first-order chi connectivity index (χ1) is 11.1. The van der Waals surface area contributed by atoms with Gasteiger partial charge in [-0.05, 0) is 17.7 Å². The van der Waals surface area contributed by atoms with Crippen molar-refractivity contribution >= 4 is 22.9 Å². The highest BCUT2D eigenvalue weighted by atomic mass is 16.5. The Hall–Kier alpha value is -3.08. The molecule has 0 spiro atoms. The van der Waals surface area contributed by atoms with Crippen molar-refractivity contribution in [2.24, 2.45) is 0 Å². The molecule has 2 aromatic rings. The molecule has 0 saturated heterocycles. The number of aliphatic hydroxyl groups excluding tert-OH is 1. The van der Waals surface area contributed by atoms with Crippen LogP contribution < -0.4 is 9.47 Å². The van der Waals surface area contributed by atoms with Crippen LogP contribution in [0.5, 0.6) is 11.5 Å². The lowest BCUT2D eigenvalue weighted by Crippen LogP contribution is -2.23. The summed E-state index contributed by atoms with van der Waals surface area (Å²) in [5.74, 6) is -0.974. The van der Waals surface area contributed by atoms with E-state index in [1.54, 1.807) is 30.3 Å². The van der Waals surface area contributed by atoms with Crippen LogP contribution in [-0.2, 0) is 4.79 Å². The van der Waals surface area contributed by atoms with E-state index >= 15 is 0 Å². The van der Waals surface area contributed by atoms with Gasteiger partial charge in [-0.2, -0.15) is 0 Å². The number of fused-ring (bicyclic) bond motifs is 1. The first-order valence-corrected chi connectivity index (χ1v) is 6.92. The van der Waals surface area contributed by atoms with Gasteiger partial charge in [-0.1, -0.05) is 30.3 Å². The van der Waals surface area contributed by atoms with Gasteiger partial charge in [0.05, 0.1) is 19.8 Å². The Morgan fingerprint density at radius 2 is 1.39 bits per heavy atom. The maximum absolute atomic E-state index is 12.4. The number of hydrogen-bond acceptors (Lipinski definition) is 5. The second-order valence-corrected chi connectivity index (χ2v) is 5.00. The van der Waals surface area contributed by atoms with Gasteiger partial charge in [-0.25, -0.2) is 0 Å². The Morgan fingerprint density at radius 3 is 1.96 bits per heavy atom. The third-order valence-corrected chi connectivity index (χ3v) is 3.76. The molecule has 0 bridgehead atoms. The van der Waals surface area contributed by atoms with Gasteiger partial charge in [-0.15, -0.1) is 0 Å². The van der Waals surface area contributed by atoms with E-state index < -0.39 is 11.6 Å². The van der Waals surface area contributed by atoms with E-state index in [4.69, 9.17) is 9.47 Å². The number of hydrogen-bond donors (Lipinski definition) is 1. The summed E-state index contributed by atoms with van der Waals surface area (Å²) < 4.78 is 10.3. The molecule has 0 saturated carbocycles. The van der Waals surface area contributed by atoms with E-state index in [2.05, 4.69) is 0 Å². The molecule has 0 aliphatic heterocycles. The Balaban J connectivity index is 2.29. The van der Waals surface area contributed by atoms with Gasteiger partial charge >= 0.3 is 0 Å². The van der Waals surface area contributed by atoms with Crippen molar-refractivity contribution in [1.82, 2.24) is 0 Å². The number of Topliss-reactive ketones (excluding diaryl/α,β-unsaturated/α-hetero) is 2. The molecule has 1 N–H and O–H groups in total. The number of ether oxygens (including phenoxy) is 2. The second-order valence-electron chi connectivity index (χ2n) is 5.00. The summed E-state index contributed by atoms with van der Waals surface area (Å²) in [5.41, 5.74) is 0.843. The van der Waals surface area contributed by atoms with Gasteiger partial charge in [0.25, 0.3) is 0 Å². The van der Waals surface area contributed by atoms with Gasteiger partial charge in [0, 0.05) is 11.1 Å². The van der Waals surface area contributed by atoms with Crippen molar-refractivity contribution in [3.8, 4) is 11.5 Å². The number of ketones is 2. The molecule has 0 radical (unpaired) electrons. The Kier molecular flexibility index (Phi) is 3.62. The highest BCUT2D eigenvalue weighted by Gasteiger charge is 2.34. The number of aliphatic hydroxyl groups is 1. The molecule has 0 atom stereocenters. The van der Waals surface area contributed by atoms with Crippen LogP contribution in [0, 0.1) is 0 Å². The summed E-state index contributed by atoms with van der Waals surface area (Å²) in [4.78, 5) is 24.8. The molecule has 0 aromatic heterocycles. The molecule has 0 amide bonds. The fourth-order valence-electron chi connectivity index (χ4n) is 2.61. The van der Waals surface area contributed by atoms with Crippen LogP contribution in [0.2, 0.25) is 0 Å². The highest BCUT2D eigenvalue weighted by molar-refractivity contribution is 6.62. The Morgan fingerprint density at radius 1 is 0.826 bits per heavy atom. The van der Waals surface area contributed by atoms with E-state index in [-0.39, 0.29) is 22.5 Å². The van der Waals surface area contributed by atoms with Gasteiger partial charge in [-0.3, -0.25) is 9.59 Å². The van der Waals surface area contributed by atoms with E-state index in [0.29, 0.717) is 17.1 Å². The third kappa shape index (κ3) is 2.26. The van der Waals surface area contributed by atoms with Crippen LogP contribution in [0.15, 0.2) is 42.5 Å². The number of carbonyl (C=O) groups is 2. The van der Waals surface area contributed by atoms with E-state index in [9.17, 15) is 14.7 Å². The van der Waals surface area contributed by atoms with E-state index in [1.807, 2.05) is 0 Å². The topological polar surface area (TPSA) is 72.8 Å². The van der Waals surface area contributed by atoms with Gasteiger partial charge < -0.3 is 14.6 Å². The average molecular weight is 310 g/mol. The monoisotopic (exact) mass is 310 g/mol. The molecule has 1 aliphatic rings. The molecule has 116 valence electrons. The standard InChI is InChI=1S/C18H14O5/c1-22-13-8-11-12(9-14(13)23-2)17(20)18(21)15(16(11)19)10-6-4-3-5-7-10/h3-9,19H,1-2H3. The largest absolute Gasteiger partial charge is 0.506 e. The maximum Gasteiger partial charge on any atom is 0.237 e. The minimum atomic E-state index is -0.742. The van der Waals surface area contributed by atoms with Crippen LogP contribution in [0.3, 0.4) is 0 Å². The van der Waals surface area contributed by atoms with Crippen LogP contribution in [0.4, 0.5) is 0 Å². The van der Waals surface area contributed by atoms with Crippen LogP contribution >= 0.6 is 0 Å². The van der Waals surface area contributed by atoms with Crippen molar-refractivity contribution in [3.63, 3.8) is 0 Å². The first-order valence-electron chi connectivity index (χ1n) is 6.92. The molecule has 23 heavy (non-hydrogen) atoms. The summed E-state index contributed by atoms with van der Waals surface area (Å²) >= 11 is 0.